The smallest absolute Gasteiger partial charge is 0.226 e. The highest BCUT2D eigenvalue weighted by Gasteiger charge is 2.47. The quantitative estimate of drug-likeness (QED) is 0.945. The number of carbonyl (C=O) groups excluding carboxylic acids is 1. The normalized spacial score (nSPS) is 26.2. The average molecular weight is 321 g/mol. The molecule has 1 aliphatic heterocycles. The Morgan fingerprint density at radius 3 is 2.92 bits per heavy atom. The molecule has 124 valence electrons. The Kier molecular flexibility index (Phi) is 4.07. The minimum atomic E-state index is 0.0954. The summed E-state index contributed by atoms with van der Waals surface area (Å²) in [5.74, 6) is 0.838. The van der Waals surface area contributed by atoms with Gasteiger partial charge in [0.05, 0.1) is 6.04 Å². The second-order valence-electron chi connectivity index (χ2n) is 6.84. The standard InChI is InChI=1S/C20H23N3O/c1-14-5-2-3-7-16(14)17-11-18(17)20(24)23-10-9-22-13-19(23)15-6-4-8-21-12-15/h2-8,12,17-19,22H,9-11,13H2,1H3. The van der Waals surface area contributed by atoms with Gasteiger partial charge in [0.1, 0.15) is 0 Å². The zero-order chi connectivity index (χ0) is 16.5. The van der Waals surface area contributed by atoms with E-state index in [0.29, 0.717) is 11.8 Å². The van der Waals surface area contributed by atoms with Crippen molar-refractivity contribution in [1.82, 2.24) is 15.2 Å². The number of aryl methyl sites for hydroxylation is 1. The van der Waals surface area contributed by atoms with Crippen LogP contribution < -0.4 is 5.32 Å². The van der Waals surface area contributed by atoms with Crippen LogP contribution >= 0.6 is 0 Å². The molecule has 4 nitrogen and oxygen atoms in total. The molecular weight excluding hydrogens is 298 g/mol. The van der Waals surface area contributed by atoms with Crippen LogP contribution in [0.3, 0.4) is 0 Å². The molecule has 2 fully saturated rings. The first-order chi connectivity index (χ1) is 11.8. The van der Waals surface area contributed by atoms with Crippen molar-refractivity contribution in [2.45, 2.75) is 25.3 Å². The summed E-state index contributed by atoms with van der Waals surface area (Å²) >= 11 is 0. The van der Waals surface area contributed by atoms with E-state index in [2.05, 4.69) is 52.5 Å². The maximum absolute atomic E-state index is 13.1. The van der Waals surface area contributed by atoms with Gasteiger partial charge in [0.25, 0.3) is 0 Å². The maximum Gasteiger partial charge on any atom is 0.226 e. The van der Waals surface area contributed by atoms with Crippen molar-refractivity contribution < 1.29 is 4.79 Å². The summed E-state index contributed by atoms with van der Waals surface area (Å²) in [6.45, 7) is 4.58. The van der Waals surface area contributed by atoms with Gasteiger partial charge in [-0.15, -0.1) is 0 Å². The number of hydrogen-bond donors (Lipinski definition) is 1. The largest absolute Gasteiger partial charge is 0.333 e. The number of nitrogens with zero attached hydrogens (tertiary/aromatic N) is 2. The van der Waals surface area contributed by atoms with E-state index in [0.717, 1.165) is 31.6 Å². The molecular formula is C20H23N3O. The van der Waals surface area contributed by atoms with Crippen LogP contribution in [0.4, 0.5) is 0 Å². The van der Waals surface area contributed by atoms with Crippen LogP contribution in [-0.4, -0.2) is 35.4 Å². The first-order valence-corrected chi connectivity index (χ1v) is 8.72. The molecule has 1 aromatic carbocycles. The van der Waals surface area contributed by atoms with Crippen LogP contribution in [0.1, 0.15) is 35.1 Å². The van der Waals surface area contributed by atoms with Gasteiger partial charge < -0.3 is 10.2 Å². The third kappa shape index (κ3) is 2.82. The lowest BCUT2D eigenvalue weighted by molar-refractivity contribution is -0.136. The van der Waals surface area contributed by atoms with Crippen molar-refractivity contribution in [2.75, 3.05) is 19.6 Å². The fourth-order valence-electron chi connectivity index (χ4n) is 3.87. The number of hydrogen-bond acceptors (Lipinski definition) is 3. The number of benzene rings is 1. The van der Waals surface area contributed by atoms with Crippen molar-refractivity contribution in [1.29, 1.82) is 0 Å². The monoisotopic (exact) mass is 321 g/mol. The number of nitrogens with one attached hydrogen (secondary N) is 1. The summed E-state index contributed by atoms with van der Waals surface area (Å²) in [5, 5.41) is 3.41. The lowest BCUT2D eigenvalue weighted by Gasteiger charge is -2.36. The highest BCUT2D eigenvalue weighted by atomic mass is 16.2. The highest BCUT2D eigenvalue weighted by molar-refractivity contribution is 5.83. The van der Waals surface area contributed by atoms with Gasteiger partial charge in [-0.3, -0.25) is 9.78 Å². The fourth-order valence-corrected chi connectivity index (χ4v) is 3.87. The molecule has 1 aliphatic carbocycles. The van der Waals surface area contributed by atoms with E-state index in [1.54, 1.807) is 6.20 Å². The molecule has 1 amide bonds. The molecule has 2 aliphatic rings. The van der Waals surface area contributed by atoms with Crippen molar-refractivity contribution in [3.8, 4) is 0 Å². The van der Waals surface area contributed by atoms with E-state index in [1.807, 2.05) is 12.3 Å². The number of amides is 1. The van der Waals surface area contributed by atoms with Crippen LogP contribution in [-0.2, 0) is 4.79 Å². The highest BCUT2D eigenvalue weighted by Crippen LogP contribution is 2.50. The third-order valence-electron chi connectivity index (χ3n) is 5.29. The van der Waals surface area contributed by atoms with Gasteiger partial charge in [-0.1, -0.05) is 30.3 Å². The van der Waals surface area contributed by atoms with Crippen LogP contribution in [0.5, 0.6) is 0 Å². The molecule has 1 saturated heterocycles. The Labute approximate surface area is 142 Å². The maximum atomic E-state index is 13.1. The second kappa shape index (κ2) is 6.36. The Balaban J connectivity index is 1.52. The molecule has 0 radical (unpaired) electrons. The van der Waals surface area contributed by atoms with Crippen molar-refractivity contribution >= 4 is 5.91 Å². The predicted molar refractivity (Wildman–Crippen MR) is 93.6 cm³/mol. The number of aromatic nitrogens is 1. The van der Waals surface area contributed by atoms with E-state index < -0.39 is 0 Å². The SMILES string of the molecule is Cc1ccccc1C1CC1C(=O)N1CCNCC1c1cccnc1. The molecule has 0 spiro atoms. The van der Waals surface area contributed by atoms with Gasteiger partial charge in [-0.25, -0.2) is 0 Å². The Morgan fingerprint density at radius 1 is 1.25 bits per heavy atom. The first-order valence-electron chi connectivity index (χ1n) is 8.72. The summed E-state index contributed by atoms with van der Waals surface area (Å²) in [4.78, 5) is 19.4. The minimum Gasteiger partial charge on any atom is -0.333 e. The van der Waals surface area contributed by atoms with E-state index in [4.69, 9.17) is 0 Å². The van der Waals surface area contributed by atoms with Gasteiger partial charge in [0.15, 0.2) is 0 Å². The molecule has 1 saturated carbocycles. The van der Waals surface area contributed by atoms with Crippen LogP contribution in [0.15, 0.2) is 48.8 Å². The van der Waals surface area contributed by atoms with Gasteiger partial charge in [-0.05, 0) is 42.0 Å². The van der Waals surface area contributed by atoms with Crippen molar-refractivity contribution in [2.24, 2.45) is 5.92 Å². The molecule has 3 atom stereocenters. The number of pyridine rings is 1. The van der Waals surface area contributed by atoms with Gasteiger partial charge >= 0.3 is 0 Å². The first kappa shape index (κ1) is 15.3. The van der Waals surface area contributed by atoms with E-state index in [-0.39, 0.29) is 12.0 Å². The lowest BCUT2D eigenvalue weighted by atomic mass is 10.0. The summed E-state index contributed by atoms with van der Waals surface area (Å²) in [6, 6.07) is 12.6. The van der Waals surface area contributed by atoms with E-state index >= 15 is 0 Å². The second-order valence-corrected chi connectivity index (χ2v) is 6.84. The third-order valence-corrected chi connectivity index (χ3v) is 5.29. The van der Waals surface area contributed by atoms with Crippen molar-refractivity contribution in [3.05, 3.63) is 65.5 Å². The summed E-state index contributed by atoms with van der Waals surface area (Å²) in [5.41, 5.74) is 3.75. The molecule has 1 aromatic heterocycles. The Morgan fingerprint density at radius 2 is 2.12 bits per heavy atom. The lowest BCUT2D eigenvalue weighted by Crippen LogP contribution is -2.49. The summed E-state index contributed by atoms with van der Waals surface area (Å²) < 4.78 is 0. The zero-order valence-electron chi connectivity index (χ0n) is 14.0. The number of carbonyl (C=O) groups is 1. The molecule has 2 heterocycles. The average Bonchev–Trinajstić information content (AvgIpc) is 3.43. The molecule has 4 rings (SSSR count). The van der Waals surface area contributed by atoms with Crippen LogP contribution in [0, 0.1) is 12.8 Å². The summed E-state index contributed by atoms with van der Waals surface area (Å²) in [6.07, 6.45) is 4.64. The molecule has 3 unspecified atom stereocenters. The van der Waals surface area contributed by atoms with E-state index in [1.165, 1.54) is 11.1 Å². The Bertz CT molecular complexity index is 731. The molecule has 4 heteroatoms. The van der Waals surface area contributed by atoms with Crippen LogP contribution in [0.25, 0.3) is 0 Å². The van der Waals surface area contributed by atoms with Gasteiger partial charge in [0.2, 0.25) is 5.91 Å². The fraction of sp³-hybridized carbons (Fsp3) is 0.400. The summed E-state index contributed by atoms with van der Waals surface area (Å²) in [7, 11) is 0. The minimum absolute atomic E-state index is 0.0954. The topological polar surface area (TPSA) is 45.2 Å². The van der Waals surface area contributed by atoms with Crippen LogP contribution in [0.2, 0.25) is 0 Å². The van der Waals surface area contributed by atoms with E-state index in [9.17, 15) is 4.79 Å². The molecule has 1 N–H and O–H groups in total. The molecule has 0 bridgehead atoms. The number of piperazine rings is 1. The van der Waals surface area contributed by atoms with Gasteiger partial charge in [-0.2, -0.15) is 0 Å². The molecule has 24 heavy (non-hydrogen) atoms. The zero-order valence-corrected chi connectivity index (χ0v) is 14.0. The molecule has 2 aromatic rings. The van der Waals surface area contributed by atoms with Gasteiger partial charge in [0, 0.05) is 37.9 Å². The predicted octanol–water partition coefficient (Wildman–Crippen LogP) is 2.67. The Hall–Kier alpha value is -2.20. The number of rotatable bonds is 3. The van der Waals surface area contributed by atoms with Crippen molar-refractivity contribution in [3.63, 3.8) is 0 Å².